The second-order valence-electron chi connectivity index (χ2n) is 8.04. The molecule has 3 rings (SSSR count). The molecule has 2 amide bonds. The summed E-state index contributed by atoms with van der Waals surface area (Å²) >= 11 is 0. The van der Waals surface area contributed by atoms with Crippen LogP contribution in [-0.4, -0.2) is 61.7 Å². The molecule has 0 bridgehead atoms. The van der Waals surface area contributed by atoms with Crippen LogP contribution in [0.5, 0.6) is 0 Å². The molecule has 0 aromatic carbocycles. The van der Waals surface area contributed by atoms with Crippen molar-refractivity contribution in [3.05, 3.63) is 47.3 Å². The number of hydrogen-bond acceptors (Lipinski definition) is 7. The number of hydrogen-bond donors (Lipinski definition) is 2. The monoisotopic (exact) mass is 439 g/mol. The van der Waals surface area contributed by atoms with E-state index in [9.17, 15) is 9.59 Å². The molecule has 0 spiro atoms. The van der Waals surface area contributed by atoms with Crippen molar-refractivity contribution in [3.63, 3.8) is 0 Å². The Kier molecular flexibility index (Phi) is 7.62. The van der Waals surface area contributed by atoms with Crippen LogP contribution in [0.2, 0.25) is 0 Å². The minimum Gasteiger partial charge on any atom is -0.377 e. The Morgan fingerprint density at radius 2 is 2.12 bits per heavy atom. The maximum atomic E-state index is 12.4. The quantitative estimate of drug-likeness (QED) is 0.416. The first-order chi connectivity index (χ1) is 15.3. The van der Waals surface area contributed by atoms with Gasteiger partial charge in [-0.3, -0.25) is 9.59 Å². The molecule has 32 heavy (non-hydrogen) atoms. The Morgan fingerprint density at radius 3 is 2.69 bits per heavy atom. The number of carbonyl (C=O) groups excluding carboxylic acids is 2. The number of amides is 2. The minimum atomic E-state index is -0.527. The summed E-state index contributed by atoms with van der Waals surface area (Å²) in [6, 6.07) is 2.02. The lowest BCUT2D eigenvalue weighted by molar-refractivity contribution is -0.127. The van der Waals surface area contributed by atoms with Gasteiger partial charge < -0.3 is 25.0 Å². The van der Waals surface area contributed by atoms with Crippen LogP contribution in [0, 0.1) is 17.2 Å². The van der Waals surface area contributed by atoms with E-state index in [1.165, 1.54) is 0 Å². The fraction of sp³-hybridized carbons (Fsp3) is 0.478. The van der Waals surface area contributed by atoms with E-state index >= 15 is 0 Å². The maximum Gasteiger partial charge on any atom is 0.240 e. The highest BCUT2D eigenvalue weighted by molar-refractivity contribution is 5.89. The van der Waals surface area contributed by atoms with Crippen molar-refractivity contribution in [3.8, 4) is 6.07 Å². The van der Waals surface area contributed by atoms with Gasteiger partial charge in [0.2, 0.25) is 11.8 Å². The number of allylic oxidation sites excluding steroid dienone is 4. The summed E-state index contributed by atoms with van der Waals surface area (Å²) in [5.74, 6) is 0.490. The van der Waals surface area contributed by atoms with Crippen molar-refractivity contribution in [1.29, 1.82) is 5.26 Å². The van der Waals surface area contributed by atoms with E-state index < -0.39 is 6.23 Å². The number of amidine groups is 1. The van der Waals surface area contributed by atoms with Gasteiger partial charge in [0.25, 0.3) is 0 Å². The molecule has 3 aliphatic rings. The summed E-state index contributed by atoms with van der Waals surface area (Å²) in [6.45, 7) is 8.41. The standard InChI is InChI=1S/C23H29N5O4/c1-14(10-24)5-8-19(15(2)25-23(30)17-6-7-17)20-9-22(31-4)28(16(3)26-20)11-21(29)27-18-12-32-13-18/h5,8-9,17-18,22H,1,6-7,11-13H2,2-4H3,(H,25,30)(H,27,29)/b8-5-,19-15-. The van der Waals surface area contributed by atoms with Gasteiger partial charge in [0.1, 0.15) is 12.4 Å². The number of carbonyl (C=O) groups is 2. The highest BCUT2D eigenvalue weighted by Crippen LogP contribution is 2.30. The zero-order valence-electron chi connectivity index (χ0n) is 18.7. The van der Waals surface area contributed by atoms with Gasteiger partial charge in [0, 0.05) is 29.9 Å². The molecule has 2 fully saturated rings. The average molecular weight is 440 g/mol. The molecule has 1 atom stereocenters. The van der Waals surface area contributed by atoms with Crippen molar-refractivity contribution in [2.45, 2.75) is 39.0 Å². The van der Waals surface area contributed by atoms with Gasteiger partial charge in [-0.25, -0.2) is 4.99 Å². The molecule has 1 saturated heterocycles. The highest BCUT2D eigenvalue weighted by Gasteiger charge is 2.31. The fourth-order valence-electron chi connectivity index (χ4n) is 3.31. The number of methoxy groups -OCH3 is 1. The lowest BCUT2D eigenvalue weighted by Crippen LogP contribution is -2.53. The molecule has 2 heterocycles. The van der Waals surface area contributed by atoms with Gasteiger partial charge in [-0.2, -0.15) is 5.26 Å². The van der Waals surface area contributed by atoms with Crippen molar-refractivity contribution < 1.29 is 19.1 Å². The Morgan fingerprint density at radius 1 is 1.41 bits per heavy atom. The predicted octanol–water partition coefficient (Wildman–Crippen LogP) is 1.53. The molecule has 0 radical (unpaired) electrons. The zero-order chi connectivity index (χ0) is 23.3. The molecule has 9 nitrogen and oxygen atoms in total. The van der Waals surface area contributed by atoms with Crippen LogP contribution >= 0.6 is 0 Å². The minimum absolute atomic E-state index is 0.0221. The number of nitrogens with zero attached hydrogens (tertiary/aromatic N) is 3. The summed E-state index contributed by atoms with van der Waals surface area (Å²) in [4.78, 5) is 31.1. The van der Waals surface area contributed by atoms with E-state index in [2.05, 4.69) is 22.2 Å². The van der Waals surface area contributed by atoms with Crippen molar-refractivity contribution in [1.82, 2.24) is 15.5 Å². The van der Waals surface area contributed by atoms with Gasteiger partial charge in [-0.1, -0.05) is 6.58 Å². The molecule has 2 aliphatic heterocycles. The maximum absolute atomic E-state index is 12.4. The highest BCUT2D eigenvalue weighted by atomic mass is 16.5. The first-order valence-electron chi connectivity index (χ1n) is 10.5. The van der Waals surface area contributed by atoms with Crippen LogP contribution in [0.1, 0.15) is 26.7 Å². The van der Waals surface area contributed by atoms with Crippen molar-refractivity contribution in [2.24, 2.45) is 10.9 Å². The third-order valence-corrected chi connectivity index (χ3v) is 5.40. The van der Waals surface area contributed by atoms with Gasteiger partial charge in [-0.15, -0.1) is 0 Å². The molecule has 1 saturated carbocycles. The van der Waals surface area contributed by atoms with E-state index in [-0.39, 0.29) is 35.9 Å². The summed E-state index contributed by atoms with van der Waals surface area (Å²) in [7, 11) is 1.56. The van der Waals surface area contributed by atoms with Crippen molar-refractivity contribution >= 4 is 17.6 Å². The third-order valence-electron chi connectivity index (χ3n) is 5.40. The summed E-state index contributed by atoms with van der Waals surface area (Å²) in [6.07, 6.45) is 6.34. The van der Waals surface area contributed by atoms with Gasteiger partial charge in [-0.05, 0) is 44.9 Å². The summed E-state index contributed by atoms with van der Waals surface area (Å²) in [5, 5.41) is 14.9. The molecule has 1 aliphatic carbocycles. The van der Waals surface area contributed by atoms with E-state index in [0.717, 1.165) is 12.8 Å². The molecule has 170 valence electrons. The van der Waals surface area contributed by atoms with Crippen LogP contribution in [0.3, 0.4) is 0 Å². The average Bonchev–Trinajstić information content (AvgIpc) is 3.57. The first kappa shape index (κ1) is 23.4. The zero-order valence-corrected chi connectivity index (χ0v) is 18.7. The van der Waals surface area contributed by atoms with E-state index in [1.807, 2.05) is 6.07 Å². The van der Waals surface area contributed by atoms with Crippen LogP contribution in [0.25, 0.3) is 0 Å². The predicted molar refractivity (Wildman–Crippen MR) is 119 cm³/mol. The largest absolute Gasteiger partial charge is 0.377 e. The van der Waals surface area contributed by atoms with Crippen LogP contribution in [0.4, 0.5) is 0 Å². The molecular formula is C23H29N5O4. The van der Waals surface area contributed by atoms with Crippen LogP contribution < -0.4 is 10.6 Å². The van der Waals surface area contributed by atoms with E-state index in [4.69, 9.17) is 14.7 Å². The molecule has 2 N–H and O–H groups in total. The van der Waals surface area contributed by atoms with Gasteiger partial charge in [0.15, 0.2) is 6.23 Å². The number of aliphatic imine (C=N–C) groups is 1. The first-order valence-corrected chi connectivity index (χ1v) is 10.5. The number of ether oxygens (including phenoxy) is 2. The van der Waals surface area contributed by atoms with E-state index in [0.29, 0.717) is 36.0 Å². The number of nitrogens with one attached hydrogen (secondary N) is 2. The van der Waals surface area contributed by atoms with Gasteiger partial charge >= 0.3 is 0 Å². The molecule has 9 heteroatoms. The Balaban J connectivity index is 1.83. The Hall–Kier alpha value is -3.22. The normalized spacial score (nSPS) is 21.7. The van der Waals surface area contributed by atoms with Crippen molar-refractivity contribution in [2.75, 3.05) is 26.9 Å². The lowest BCUT2D eigenvalue weighted by Gasteiger charge is -2.34. The van der Waals surface area contributed by atoms with E-state index in [1.54, 1.807) is 44.1 Å². The molecule has 0 aromatic heterocycles. The van der Waals surface area contributed by atoms with Gasteiger partial charge in [0.05, 0.1) is 31.0 Å². The second-order valence-corrected chi connectivity index (χ2v) is 8.04. The number of nitriles is 1. The lowest BCUT2D eigenvalue weighted by atomic mass is 10.1. The van der Waals surface area contributed by atoms with Crippen LogP contribution in [0.15, 0.2) is 52.3 Å². The molecule has 0 aromatic rings. The third kappa shape index (κ3) is 5.93. The fourth-order valence-corrected chi connectivity index (χ4v) is 3.31. The smallest absolute Gasteiger partial charge is 0.240 e. The molecular weight excluding hydrogens is 410 g/mol. The Labute approximate surface area is 188 Å². The summed E-state index contributed by atoms with van der Waals surface area (Å²) in [5.41, 5.74) is 2.13. The second kappa shape index (κ2) is 10.4. The topological polar surface area (TPSA) is 116 Å². The SMILES string of the molecule is C=C(C#N)/C=C\C(C1=CC(OC)N(CC(=O)NC2COC2)C(C)=N1)=C(/C)NC(=O)C1CC1. The molecule has 1 unspecified atom stereocenters. The Bertz CT molecular complexity index is 948. The number of rotatable bonds is 9. The van der Waals surface area contributed by atoms with Crippen LogP contribution in [-0.2, 0) is 19.1 Å². The summed E-state index contributed by atoms with van der Waals surface area (Å²) < 4.78 is 10.7.